The maximum atomic E-state index is 9.47. The van der Waals surface area contributed by atoms with Crippen LogP contribution in [-0.4, -0.2) is 24.3 Å². The van der Waals surface area contributed by atoms with Gasteiger partial charge in [0.2, 0.25) is 0 Å². The molecule has 0 amide bonds. The minimum Gasteiger partial charge on any atom is -0.391 e. The summed E-state index contributed by atoms with van der Waals surface area (Å²) in [4.78, 5) is 0. The monoisotopic (exact) mass is 169 g/mol. The van der Waals surface area contributed by atoms with Gasteiger partial charge in [0.15, 0.2) is 0 Å². The van der Waals surface area contributed by atoms with Crippen molar-refractivity contribution in [2.24, 2.45) is 5.92 Å². The number of aliphatic hydroxyl groups is 1. The lowest BCUT2D eigenvalue weighted by atomic mass is 9.99. The van der Waals surface area contributed by atoms with Crippen LogP contribution in [0.15, 0.2) is 11.6 Å². The Morgan fingerprint density at radius 2 is 2.25 bits per heavy atom. The third-order valence-electron chi connectivity index (χ3n) is 2.39. The molecule has 1 fully saturated rings. The molecular weight excluding hydrogens is 150 g/mol. The van der Waals surface area contributed by atoms with E-state index >= 15 is 0 Å². The zero-order valence-electron chi connectivity index (χ0n) is 8.01. The van der Waals surface area contributed by atoms with Gasteiger partial charge in [-0.1, -0.05) is 11.6 Å². The predicted molar refractivity (Wildman–Crippen MR) is 51.0 cm³/mol. The molecule has 1 aliphatic heterocycles. The van der Waals surface area contributed by atoms with Gasteiger partial charge >= 0.3 is 0 Å². The first-order chi connectivity index (χ1) is 5.70. The van der Waals surface area contributed by atoms with Gasteiger partial charge in [-0.25, -0.2) is 0 Å². The summed E-state index contributed by atoms with van der Waals surface area (Å²) in [5.74, 6) is 0.473. The van der Waals surface area contributed by atoms with Crippen molar-refractivity contribution in [1.82, 2.24) is 5.32 Å². The molecule has 0 bridgehead atoms. The molecule has 0 aromatic rings. The van der Waals surface area contributed by atoms with E-state index in [-0.39, 0.29) is 6.10 Å². The molecule has 0 aromatic carbocycles. The van der Waals surface area contributed by atoms with Crippen molar-refractivity contribution >= 4 is 0 Å². The van der Waals surface area contributed by atoms with E-state index in [1.807, 2.05) is 0 Å². The number of hydrogen-bond acceptors (Lipinski definition) is 2. The fourth-order valence-electron chi connectivity index (χ4n) is 1.60. The van der Waals surface area contributed by atoms with Crippen molar-refractivity contribution in [3.05, 3.63) is 11.6 Å². The van der Waals surface area contributed by atoms with Crippen LogP contribution in [0, 0.1) is 5.92 Å². The number of nitrogens with one attached hydrogen (secondary N) is 1. The van der Waals surface area contributed by atoms with E-state index in [9.17, 15) is 5.11 Å². The third kappa shape index (κ3) is 2.95. The highest BCUT2D eigenvalue weighted by molar-refractivity contribution is 4.94. The summed E-state index contributed by atoms with van der Waals surface area (Å²) < 4.78 is 0. The Balaban J connectivity index is 2.18. The summed E-state index contributed by atoms with van der Waals surface area (Å²) in [6, 6.07) is 0. The van der Waals surface area contributed by atoms with Crippen LogP contribution >= 0.6 is 0 Å². The standard InChI is InChI=1S/C10H19NO/c1-8(2)4-3-5-9-6-11-7-10(9)12/h4,9-12H,3,5-7H2,1-2H3. The molecule has 0 spiro atoms. The maximum absolute atomic E-state index is 9.47. The van der Waals surface area contributed by atoms with Gasteiger partial charge in [0.05, 0.1) is 6.10 Å². The first-order valence-corrected chi connectivity index (χ1v) is 4.72. The van der Waals surface area contributed by atoms with Crippen molar-refractivity contribution < 1.29 is 5.11 Å². The molecule has 0 aliphatic carbocycles. The third-order valence-corrected chi connectivity index (χ3v) is 2.39. The zero-order valence-corrected chi connectivity index (χ0v) is 8.01. The molecule has 12 heavy (non-hydrogen) atoms. The molecule has 70 valence electrons. The van der Waals surface area contributed by atoms with Crippen LogP contribution in [0.25, 0.3) is 0 Å². The van der Waals surface area contributed by atoms with E-state index in [1.165, 1.54) is 5.57 Å². The number of hydrogen-bond donors (Lipinski definition) is 2. The summed E-state index contributed by atoms with van der Waals surface area (Å²) in [6.07, 6.45) is 4.34. The van der Waals surface area contributed by atoms with Crippen LogP contribution in [0.3, 0.4) is 0 Å². The molecule has 2 unspecified atom stereocenters. The smallest absolute Gasteiger partial charge is 0.0704 e. The number of aliphatic hydroxyl groups excluding tert-OH is 1. The van der Waals surface area contributed by atoms with Gasteiger partial charge in [0.25, 0.3) is 0 Å². The predicted octanol–water partition coefficient (Wildman–Crippen LogP) is 1.31. The Morgan fingerprint density at radius 1 is 1.50 bits per heavy atom. The Labute approximate surface area is 74.7 Å². The normalized spacial score (nSPS) is 28.9. The van der Waals surface area contributed by atoms with Crippen LogP contribution in [0.1, 0.15) is 26.7 Å². The van der Waals surface area contributed by atoms with Crippen LogP contribution in [0.4, 0.5) is 0 Å². The Hall–Kier alpha value is -0.340. The quantitative estimate of drug-likeness (QED) is 0.624. The highest BCUT2D eigenvalue weighted by atomic mass is 16.3. The van der Waals surface area contributed by atoms with Crippen molar-refractivity contribution in [1.29, 1.82) is 0 Å². The molecule has 1 aliphatic rings. The van der Waals surface area contributed by atoms with Gasteiger partial charge in [-0.15, -0.1) is 0 Å². The zero-order chi connectivity index (χ0) is 8.97. The Morgan fingerprint density at radius 3 is 2.75 bits per heavy atom. The molecule has 0 saturated carbocycles. The van der Waals surface area contributed by atoms with Gasteiger partial charge in [0, 0.05) is 13.1 Å². The maximum Gasteiger partial charge on any atom is 0.0704 e. The molecule has 1 rings (SSSR count). The molecule has 2 N–H and O–H groups in total. The lowest BCUT2D eigenvalue weighted by molar-refractivity contribution is 0.143. The van der Waals surface area contributed by atoms with Crippen LogP contribution < -0.4 is 5.32 Å². The average molecular weight is 169 g/mol. The van der Waals surface area contributed by atoms with Crippen molar-refractivity contribution in [2.75, 3.05) is 13.1 Å². The van der Waals surface area contributed by atoms with Crippen LogP contribution in [0.5, 0.6) is 0 Å². The molecule has 2 heteroatoms. The summed E-state index contributed by atoms with van der Waals surface area (Å²) in [5, 5.41) is 12.7. The first kappa shape index (κ1) is 9.75. The van der Waals surface area contributed by atoms with E-state index < -0.39 is 0 Å². The number of β-amino-alcohol motifs (C(OH)–C–C–N with tert-alkyl or cyclic N) is 1. The summed E-state index contributed by atoms with van der Waals surface area (Å²) in [5.41, 5.74) is 1.37. The fourth-order valence-corrected chi connectivity index (χ4v) is 1.60. The number of rotatable bonds is 3. The van der Waals surface area contributed by atoms with Crippen molar-refractivity contribution in [2.45, 2.75) is 32.8 Å². The Bertz CT molecular complexity index is 161. The second-order valence-corrected chi connectivity index (χ2v) is 3.84. The fraction of sp³-hybridized carbons (Fsp3) is 0.800. The molecule has 0 aromatic heterocycles. The van der Waals surface area contributed by atoms with Gasteiger partial charge in [-0.05, 0) is 32.6 Å². The van der Waals surface area contributed by atoms with Gasteiger partial charge in [-0.2, -0.15) is 0 Å². The summed E-state index contributed by atoms with van der Waals surface area (Å²) in [7, 11) is 0. The second-order valence-electron chi connectivity index (χ2n) is 3.84. The van der Waals surface area contributed by atoms with E-state index in [2.05, 4.69) is 25.2 Å². The first-order valence-electron chi connectivity index (χ1n) is 4.72. The Kier molecular flexibility index (Phi) is 3.76. The van der Waals surface area contributed by atoms with Crippen LogP contribution in [0.2, 0.25) is 0 Å². The van der Waals surface area contributed by atoms with Gasteiger partial charge in [-0.3, -0.25) is 0 Å². The molecule has 2 atom stereocenters. The average Bonchev–Trinajstić information content (AvgIpc) is 2.36. The second kappa shape index (κ2) is 4.63. The molecule has 2 nitrogen and oxygen atoms in total. The van der Waals surface area contributed by atoms with E-state index in [4.69, 9.17) is 0 Å². The van der Waals surface area contributed by atoms with Crippen LogP contribution in [-0.2, 0) is 0 Å². The van der Waals surface area contributed by atoms with E-state index in [0.717, 1.165) is 25.9 Å². The molecular formula is C10H19NO. The van der Waals surface area contributed by atoms with Crippen molar-refractivity contribution in [3.63, 3.8) is 0 Å². The minimum absolute atomic E-state index is 0.115. The summed E-state index contributed by atoms with van der Waals surface area (Å²) in [6.45, 7) is 5.99. The van der Waals surface area contributed by atoms with Gasteiger partial charge < -0.3 is 10.4 Å². The lowest BCUT2D eigenvalue weighted by Crippen LogP contribution is -2.17. The number of allylic oxidation sites excluding steroid dienone is 2. The highest BCUT2D eigenvalue weighted by Gasteiger charge is 2.23. The largest absolute Gasteiger partial charge is 0.391 e. The highest BCUT2D eigenvalue weighted by Crippen LogP contribution is 2.15. The summed E-state index contributed by atoms with van der Waals surface area (Å²) >= 11 is 0. The molecule has 1 heterocycles. The minimum atomic E-state index is -0.115. The lowest BCUT2D eigenvalue weighted by Gasteiger charge is -2.10. The van der Waals surface area contributed by atoms with Crippen molar-refractivity contribution in [3.8, 4) is 0 Å². The molecule has 1 saturated heterocycles. The van der Waals surface area contributed by atoms with E-state index in [0.29, 0.717) is 5.92 Å². The van der Waals surface area contributed by atoms with Gasteiger partial charge in [0.1, 0.15) is 0 Å². The van der Waals surface area contributed by atoms with E-state index in [1.54, 1.807) is 0 Å². The SMILES string of the molecule is CC(C)=CCCC1CNCC1O. The molecule has 0 radical (unpaired) electrons. The topological polar surface area (TPSA) is 32.3 Å².